The molecule has 0 unspecified atom stereocenters. The molecule has 0 aliphatic heterocycles. The van der Waals surface area contributed by atoms with Crippen molar-refractivity contribution in [2.45, 2.75) is 18.9 Å². The van der Waals surface area contributed by atoms with Gasteiger partial charge in [0.15, 0.2) is 5.82 Å². The number of hydrogen-bond donors (Lipinski definition) is 1. The number of anilines is 1. The Morgan fingerprint density at radius 2 is 2.13 bits per heavy atom. The summed E-state index contributed by atoms with van der Waals surface area (Å²) in [5.74, 6) is 0.310. The zero-order chi connectivity index (χ0) is 16.2. The van der Waals surface area contributed by atoms with Crippen LogP contribution in [-0.4, -0.2) is 41.6 Å². The first kappa shape index (κ1) is 15.1. The normalized spacial score (nSPS) is 13.4. The predicted molar refractivity (Wildman–Crippen MR) is 82.2 cm³/mol. The van der Waals surface area contributed by atoms with E-state index < -0.39 is 0 Å². The van der Waals surface area contributed by atoms with Gasteiger partial charge in [-0.25, -0.2) is 0 Å². The van der Waals surface area contributed by atoms with Crippen molar-refractivity contribution in [3.05, 3.63) is 42.2 Å². The Morgan fingerprint density at radius 1 is 1.35 bits per heavy atom. The molecule has 1 N–H and O–H groups in total. The molecule has 1 aliphatic carbocycles. The molecule has 2 aromatic rings. The lowest BCUT2D eigenvalue weighted by molar-refractivity contribution is -0.117. The molecule has 1 saturated carbocycles. The zero-order valence-electron chi connectivity index (χ0n) is 12.7. The quantitative estimate of drug-likeness (QED) is 0.880. The molecule has 1 heterocycles. The van der Waals surface area contributed by atoms with E-state index in [4.69, 9.17) is 4.74 Å². The summed E-state index contributed by atoms with van der Waals surface area (Å²) >= 11 is 0. The van der Waals surface area contributed by atoms with Crippen LogP contribution in [0.1, 0.15) is 23.2 Å². The summed E-state index contributed by atoms with van der Waals surface area (Å²) in [6, 6.07) is 8.64. The third-order valence-corrected chi connectivity index (χ3v) is 3.61. The first-order valence-corrected chi connectivity index (χ1v) is 7.33. The zero-order valence-corrected chi connectivity index (χ0v) is 12.7. The van der Waals surface area contributed by atoms with E-state index in [2.05, 4.69) is 15.0 Å². The highest BCUT2D eigenvalue weighted by molar-refractivity contribution is 6.01. The highest BCUT2D eigenvalue weighted by atomic mass is 16.5. The molecule has 2 amide bonds. The second kappa shape index (κ2) is 6.51. The summed E-state index contributed by atoms with van der Waals surface area (Å²) in [5.41, 5.74) is 0.455. The molecule has 1 aliphatic rings. The SMILES string of the molecule is COc1ccccc1C(=O)N(CC(=O)Nc1ccon1)C1CC1. The monoisotopic (exact) mass is 315 g/mol. The maximum Gasteiger partial charge on any atom is 0.258 e. The Balaban J connectivity index is 1.73. The van der Waals surface area contributed by atoms with Gasteiger partial charge in [0.05, 0.1) is 12.7 Å². The van der Waals surface area contributed by atoms with Gasteiger partial charge in [0, 0.05) is 12.1 Å². The molecular formula is C16H17N3O4. The van der Waals surface area contributed by atoms with Crippen LogP contribution in [0.3, 0.4) is 0 Å². The van der Waals surface area contributed by atoms with E-state index in [0.717, 1.165) is 12.8 Å². The van der Waals surface area contributed by atoms with E-state index in [0.29, 0.717) is 17.1 Å². The molecule has 1 aromatic heterocycles. The Bertz CT molecular complexity index is 695. The number of para-hydroxylation sites is 1. The fraction of sp³-hybridized carbons (Fsp3) is 0.312. The summed E-state index contributed by atoms with van der Waals surface area (Å²) in [7, 11) is 1.52. The lowest BCUT2D eigenvalue weighted by Gasteiger charge is -2.22. The number of nitrogens with zero attached hydrogens (tertiary/aromatic N) is 2. The smallest absolute Gasteiger partial charge is 0.258 e. The van der Waals surface area contributed by atoms with Crippen molar-refractivity contribution in [1.82, 2.24) is 10.1 Å². The number of ether oxygens (including phenoxy) is 1. The molecule has 3 rings (SSSR count). The van der Waals surface area contributed by atoms with Gasteiger partial charge in [-0.15, -0.1) is 0 Å². The molecule has 0 saturated heterocycles. The van der Waals surface area contributed by atoms with Gasteiger partial charge >= 0.3 is 0 Å². The van der Waals surface area contributed by atoms with E-state index in [1.165, 1.54) is 13.4 Å². The van der Waals surface area contributed by atoms with E-state index in [-0.39, 0.29) is 24.4 Å². The average molecular weight is 315 g/mol. The molecule has 1 aromatic carbocycles. The first-order chi connectivity index (χ1) is 11.2. The van der Waals surface area contributed by atoms with Gasteiger partial charge < -0.3 is 19.5 Å². The van der Waals surface area contributed by atoms with Gasteiger partial charge in [-0.3, -0.25) is 9.59 Å². The standard InChI is InChI=1S/C16H17N3O4/c1-22-13-5-3-2-4-12(13)16(21)19(11-6-7-11)10-15(20)17-14-8-9-23-18-14/h2-5,8-9,11H,6-7,10H2,1H3,(H,17,18,20). The van der Waals surface area contributed by atoms with Crippen LogP contribution in [0.4, 0.5) is 5.82 Å². The van der Waals surface area contributed by atoms with E-state index in [1.807, 2.05) is 0 Å². The third kappa shape index (κ3) is 3.50. The molecule has 1 fully saturated rings. The number of carbonyl (C=O) groups is 2. The average Bonchev–Trinajstić information content (AvgIpc) is 3.29. The lowest BCUT2D eigenvalue weighted by Crippen LogP contribution is -2.39. The van der Waals surface area contributed by atoms with Crippen LogP contribution >= 0.6 is 0 Å². The Kier molecular flexibility index (Phi) is 4.27. The van der Waals surface area contributed by atoms with Gasteiger partial charge in [-0.05, 0) is 25.0 Å². The minimum absolute atomic E-state index is 0.0333. The maximum absolute atomic E-state index is 12.8. The minimum Gasteiger partial charge on any atom is -0.496 e. The molecule has 23 heavy (non-hydrogen) atoms. The molecule has 0 radical (unpaired) electrons. The van der Waals surface area contributed by atoms with Crippen molar-refractivity contribution in [2.24, 2.45) is 0 Å². The van der Waals surface area contributed by atoms with E-state index >= 15 is 0 Å². The number of carbonyl (C=O) groups excluding carboxylic acids is 2. The fourth-order valence-corrected chi connectivity index (χ4v) is 2.34. The number of amides is 2. The number of nitrogens with one attached hydrogen (secondary N) is 1. The van der Waals surface area contributed by atoms with Gasteiger partial charge in [-0.2, -0.15) is 0 Å². The van der Waals surface area contributed by atoms with Crippen LogP contribution in [0.15, 0.2) is 41.1 Å². The van der Waals surface area contributed by atoms with Crippen LogP contribution < -0.4 is 10.1 Å². The summed E-state index contributed by atoms with van der Waals surface area (Å²) in [4.78, 5) is 26.5. The lowest BCUT2D eigenvalue weighted by atomic mass is 10.1. The van der Waals surface area contributed by atoms with Crippen molar-refractivity contribution in [3.8, 4) is 5.75 Å². The van der Waals surface area contributed by atoms with Crippen molar-refractivity contribution in [3.63, 3.8) is 0 Å². The summed E-state index contributed by atoms with van der Waals surface area (Å²) in [6.45, 7) is -0.0333. The molecule has 7 nitrogen and oxygen atoms in total. The molecular weight excluding hydrogens is 298 g/mol. The number of methoxy groups -OCH3 is 1. The van der Waals surface area contributed by atoms with Crippen molar-refractivity contribution in [1.29, 1.82) is 0 Å². The first-order valence-electron chi connectivity index (χ1n) is 7.33. The van der Waals surface area contributed by atoms with Crippen molar-refractivity contribution < 1.29 is 18.8 Å². The number of rotatable bonds is 6. The van der Waals surface area contributed by atoms with Crippen LogP contribution in [0.2, 0.25) is 0 Å². The summed E-state index contributed by atoms with van der Waals surface area (Å²) in [6.07, 6.45) is 3.17. The highest BCUT2D eigenvalue weighted by Gasteiger charge is 2.35. The fourth-order valence-electron chi connectivity index (χ4n) is 2.34. The van der Waals surface area contributed by atoms with Gasteiger partial charge in [0.1, 0.15) is 18.6 Å². The Labute approximate surface area is 133 Å². The number of benzene rings is 1. The second-order valence-electron chi connectivity index (χ2n) is 5.30. The maximum atomic E-state index is 12.8. The number of hydrogen-bond acceptors (Lipinski definition) is 5. The topological polar surface area (TPSA) is 84.7 Å². The van der Waals surface area contributed by atoms with Gasteiger partial charge in [0.25, 0.3) is 5.91 Å². The molecule has 0 spiro atoms. The molecule has 0 bridgehead atoms. The van der Waals surface area contributed by atoms with E-state index in [1.54, 1.807) is 35.2 Å². The minimum atomic E-state index is -0.311. The summed E-state index contributed by atoms with van der Waals surface area (Å²) < 4.78 is 9.90. The van der Waals surface area contributed by atoms with Crippen LogP contribution in [0.25, 0.3) is 0 Å². The Hall–Kier alpha value is -2.83. The van der Waals surface area contributed by atoms with E-state index in [9.17, 15) is 9.59 Å². The van der Waals surface area contributed by atoms with Crippen molar-refractivity contribution in [2.75, 3.05) is 19.0 Å². The second-order valence-corrected chi connectivity index (χ2v) is 5.30. The van der Waals surface area contributed by atoms with Crippen LogP contribution in [0, 0.1) is 0 Å². The Morgan fingerprint density at radius 3 is 2.78 bits per heavy atom. The summed E-state index contributed by atoms with van der Waals surface area (Å²) in [5, 5.41) is 6.23. The highest BCUT2D eigenvalue weighted by Crippen LogP contribution is 2.30. The van der Waals surface area contributed by atoms with Gasteiger partial charge in [0.2, 0.25) is 5.91 Å². The number of aromatic nitrogens is 1. The van der Waals surface area contributed by atoms with Crippen LogP contribution in [0.5, 0.6) is 5.75 Å². The van der Waals surface area contributed by atoms with Crippen molar-refractivity contribution >= 4 is 17.6 Å². The molecule has 120 valence electrons. The van der Waals surface area contributed by atoms with Gasteiger partial charge in [-0.1, -0.05) is 17.3 Å². The molecule has 0 atom stereocenters. The molecule has 7 heteroatoms. The van der Waals surface area contributed by atoms with Crippen LogP contribution in [-0.2, 0) is 4.79 Å². The predicted octanol–water partition coefficient (Wildman–Crippen LogP) is 1.93. The third-order valence-electron chi connectivity index (χ3n) is 3.61. The largest absolute Gasteiger partial charge is 0.496 e.